The maximum Gasteiger partial charge on any atom is 0.217 e. The van der Waals surface area contributed by atoms with Gasteiger partial charge >= 0.3 is 0 Å². The van der Waals surface area contributed by atoms with Crippen LogP contribution in [0.1, 0.15) is 32.6 Å². The Balaban J connectivity index is 2.35. The van der Waals surface area contributed by atoms with Gasteiger partial charge in [0.25, 0.3) is 0 Å². The van der Waals surface area contributed by atoms with E-state index in [-0.39, 0.29) is 5.91 Å². The first-order chi connectivity index (χ1) is 5.74. The summed E-state index contributed by atoms with van der Waals surface area (Å²) in [5.41, 5.74) is 5.49. The summed E-state index contributed by atoms with van der Waals surface area (Å²) < 4.78 is 0. The first-order valence-corrected chi connectivity index (χ1v) is 4.71. The third kappa shape index (κ3) is 2.48. The summed E-state index contributed by atoms with van der Waals surface area (Å²) >= 11 is 0. The number of carbonyl (C=O) groups is 1. The quantitative estimate of drug-likeness (QED) is 0.653. The van der Waals surface area contributed by atoms with E-state index in [2.05, 4.69) is 5.32 Å². The largest absolute Gasteiger partial charge is 0.353 e. The molecule has 0 aromatic rings. The molecule has 3 N–H and O–H groups in total. The predicted molar refractivity (Wildman–Crippen MR) is 48.6 cm³/mol. The first-order valence-electron chi connectivity index (χ1n) is 4.71. The smallest absolute Gasteiger partial charge is 0.217 e. The predicted octanol–water partition coefficient (Wildman–Crippen LogP) is 0.640. The van der Waals surface area contributed by atoms with Gasteiger partial charge in [-0.2, -0.15) is 0 Å². The second-order valence-corrected chi connectivity index (χ2v) is 3.58. The molecule has 1 fully saturated rings. The van der Waals surface area contributed by atoms with Gasteiger partial charge in [0.05, 0.1) is 0 Å². The van der Waals surface area contributed by atoms with E-state index in [1.54, 1.807) is 6.92 Å². The van der Waals surface area contributed by atoms with Gasteiger partial charge in [0.15, 0.2) is 0 Å². The molecule has 12 heavy (non-hydrogen) atoms. The van der Waals surface area contributed by atoms with Crippen molar-refractivity contribution >= 4 is 5.91 Å². The minimum atomic E-state index is 0.0870. The van der Waals surface area contributed by atoms with Crippen LogP contribution in [0, 0.1) is 5.92 Å². The Labute approximate surface area is 73.7 Å². The molecule has 0 aromatic carbocycles. The van der Waals surface area contributed by atoms with E-state index in [9.17, 15) is 4.79 Å². The van der Waals surface area contributed by atoms with Gasteiger partial charge < -0.3 is 11.1 Å². The molecule has 0 bridgehead atoms. The van der Waals surface area contributed by atoms with Crippen molar-refractivity contribution < 1.29 is 4.79 Å². The highest BCUT2D eigenvalue weighted by molar-refractivity contribution is 5.73. The Morgan fingerprint density at radius 3 is 2.92 bits per heavy atom. The van der Waals surface area contributed by atoms with Crippen LogP contribution in [0.2, 0.25) is 0 Å². The Bertz CT molecular complexity index is 159. The Morgan fingerprint density at radius 1 is 1.58 bits per heavy atom. The second kappa shape index (κ2) is 4.45. The van der Waals surface area contributed by atoms with Crippen LogP contribution in [0.4, 0.5) is 0 Å². The molecule has 0 aromatic heterocycles. The molecule has 1 amide bonds. The number of hydrogen-bond donors (Lipinski definition) is 2. The van der Waals surface area contributed by atoms with Gasteiger partial charge in [-0.15, -0.1) is 0 Å². The fourth-order valence-corrected chi connectivity index (χ4v) is 2.05. The number of amides is 1. The summed E-state index contributed by atoms with van der Waals surface area (Å²) in [5.74, 6) is 0.711. The van der Waals surface area contributed by atoms with Crippen molar-refractivity contribution in [3.05, 3.63) is 0 Å². The zero-order chi connectivity index (χ0) is 8.97. The van der Waals surface area contributed by atoms with Gasteiger partial charge in [-0.1, -0.05) is 6.42 Å². The van der Waals surface area contributed by atoms with Crippen molar-refractivity contribution in [3.8, 4) is 0 Å². The molecule has 1 rings (SSSR count). The lowest BCUT2D eigenvalue weighted by atomic mass is 10.00. The summed E-state index contributed by atoms with van der Waals surface area (Å²) in [6, 6.07) is 0.394. The molecule has 0 spiro atoms. The van der Waals surface area contributed by atoms with Crippen LogP contribution in [-0.2, 0) is 4.79 Å². The highest BCUT2D eigenvalue weighted by Crippen LogP contribution is 2.27. The molecule has 0 unspecified atom stereocenters. The average molecular weight is 170 g/mol. The maximum atomic E-state index is 10.8. The second-order valence-electron chi connectivity index (χ2n) is 3.58. The van der Waals surface area contributed by atoms with Crippen molar-refractivity contribution in [2.45, 2.75) is 38.6 Å². The van der Waals surface area contributed by atoms with Gasteiger partial charge in [-0.05, 0) is 31.7 Å². The summed E-state index contributed by atoms with van der Waals surface area (Å²) in [4.78, 5) is 10.8. The summed E-state index contributed by atoms with van der Waals surface area (Å²) in [6.07, 6.45) is 4.63. The minimum Gasteiger partial charge on any atom is -0.353 e. The Hall–Kier alpha value is -0.570. The number of carbonyl (C=O) groups excluding carboxylic acids is 1. The van der Waals surface area contributed by atoms with E-state index in [4.69, 9.17) is 5.73 Å². The third-order valence-corrected chi connectivity index (χ3v) is 2.59. The van der Waals surface area contributed by atoms with Gasteiger partial charge in [0, 0.05) is 13.0 Å². The van der Waals surface area contributed by atoms with Crippen LogP contribution in [0.5, 0.6) is 0 Å². The monoisotopic (exact) mass is 170 g/mol. The number of nitrogens with two attached hydrogens (primary N) is 1. The first kappa shape index (κ1) is 9.52. The standard InChI is InChI=1S/C9H18N2O/c1-7(12)11-9-4-2-3-8(9)5-6-10/h8-9H,2-6,10H2,1H3,(H,11,12)/t8-,9+/m1/s1. The molecule has 2 atom stereocenters. The topological polar surface area (TPSA) is 55.1 Å². The van der Waals surface area contributed by atoms with Crippen LogP contribution < -0.4 is 11.1 Å². The van der Waals surface area contributed by atoms with Crippen molar-refractivity contribution in [1.29, 1.82) is 0 Å². The highest BCUT2D eigenvalue weighted by atomic mass is 16.1. The Kier molecular flexibility index (Phi) is 3.53. The lowest BCUT2D eigenvalue weighted by molar-refractivity contribution is -0.119. The summed E-state index contributed by atoms with van der Waals surface area (Å²) in [5, 5.41) is 2.98. The van der Waals surface area contributed by atoms with E-state index in [1.165, 1.54) is 12.8 Å². The van der Waals surface area contributed by atoms with Crippen LogP contribution >= 0.6 is 0 Å². The summed E-state index contributed by atoms with van der Waals surface area (Å²) in [7, 11) is 0. The lowest BCUT2D eigenvalue weighted by Crippen LogP contribution is -2.36. The number of hydrogen-bond acceptors (Lipinski definition) is 2. The molecule has 0 saturated heterocycles. The molecular formula is C9H18N2O. The molecule has 1 aliphatic rings. The van der Waals surface area contributed by atoms with Crippen molar-refractivity contribution in [1.82, 2.24) is 5.32 Å². The van der Waals surface area contributed by atoms with Crippen molar-refractivity contribution in [2.24, 2.45) is 11.7 Å². The van der Waals surface area contributed by atoms with Gasteiger partial charge in [0.2, 0.25) is 5.91 Å². The fraction of sp³-hybridized carbons (Fsp3) is 0.889. The van der Waals surface area contributed by atoms with Crippen LogP contribution in [0.15, 0.2) is 0 Å². The van der Waals surface area contributed by atoms with E-state index < -0.39 is 0 Å². The van der Waals surface area contributed by atoms with E-state index >= 15 is 0 Å². The van der Waals surface area contributed by atoms with Crippen LogP contribution in [-0.4, -0.2) is 18.5 Å². The average Bonchev–Trinajstić information content (AvgIpc) is 2.37. The molecule has 3 nitrogen and oxygen atoms in total. The minimum absolute atomic E-state index is 0.0870. The molecule has 1 saturated carbocycles. The number of nitrogens with one attached hydrogen (secondary N) is 1. The Morgan fingerprint density at radius 2 is 2.33 bits per heavy atom. The normalized spacial score (nSPS) is 28.8. The fourth-order valence-electron chi connectivity index (χ4n) is 2.05. The molecule has 1 aliphatic carbocycles. The van der Waals surface area contributed by atoms with Crippen molar-refractivity contribution in [3.63, 3.8) is 0 Å². The third-order valence-electron chi connectivity index (χ3n) is 2.59. The molecule has 3 heteroatoms. The van der Waals surface area contributed by atoms with Gasteiger partial charge in [-0.25, -0.2) is 0 Å². The lowest BCUT2D eigenvalue weighted by Gasteiger charge is -2.19. The molecule has 0 aliphatic heterocycles. The van der Waals surface area contributed by atoms with E-state index in [0.717, 1.165) is 19.4 Å². The zero-order valence-corrected chi connectivity index (χ0v) is 7.68. The molecule has 0 heterocycles. The molecular weight excluding hydrogens is 152 g/mol. The summed E-state index contributed by atoms with van der Waals surface area (Å²) in [6.45, 7) is 2.32. The SMILES string of the molecule is CC(=O)N[C@H]1CCC[C@@H]1CCN. The van der Waals surface area contributed by atoms with Crippen LogP contribution in [0.3, 0.4) is 0 Å². The molecule has 70 valence electrons. The highest BCUT2D eigenvalue weighted by Gasteiger charge is 2.26. The van der Waals surface area contributed by atoms with Gasteiger partial charge in [0.1, 0.15) is 0 Å². The van der Waals surface area contributed by atoms with E-state index in [1.807, 2.05) is 0 Å². The van der Waals surface area contributed by atoms with Crippen LogP contribution in [0.25, 0.3) is 0 Å². The number of rotatable bonds is 3. The van der Waals surface area contributed by atoms with E-state index in [0.29, 0.717) is 12.0 Å². The van der Waals surface area contributed by atoms with Gasteiger partial charge in [-0.3, -0.25) is 4.79 Å². The maximum absolute atomic E-state index is 10.8. The van der Waals surface area contributed by atoms with Crippen molar-refractivity contribution in [2.75, 3.05) is 6.54 Å². The zero-order valence-electron chi connectivity index (χ0n) is 7.68. The molecule has 0 radical (unpaired) electrons.